The summed E-state index contributed by atoms with van der Waals surface area (Å²) in [5.74, 6) is -5.04. The fraction of sp³-hybridized carbons (Fsp3) is 0.263. The van der Waals surface area contributed by atoms with Crippen LogP contribution in [-0.4, -0.2) is 32.7 Å². The number of rotatable bonds is 8. The highest BCUT2D eigenvalue weighted by atomic mass is 19.2. The number of hydrogen-bond acceptors (Lipinski definition) is 5. The first-order valence-electron chi connectivity index (χ1n) is 8.15. The standard InChI is InChI=1S/C19H18F3NO5/c1-26-12-7-11(8-13(9-12)27-2)3-6-17(25)28-10-16(24)23-15-5-4-14(20)18(21)19(15)22/h4-5,7-9H,3,6,10H2,1-2H3,(H,23,24). The molecule has 0 atom stereocenters. The van der Waals surface area contributed by atoms with E-state index in [0.29, 0.717) is 24.0 Å². The number of nitrogens with one attached hydrogen (secondary N) is 1. The van der Waals surface area contributed by atoms with Crippen molar-refractivity contribution in [1.29, 1.82) is 0 Å². The Morgan fingerprint density at radius 1 is 0.964 bits per heavy atom. The van der Waals surface area contributed by atoms with Crippen molar-refractivity contribution in [3.8, 4) is 11.5 Å². The SMILES string of the molecule is COc1cc(CCC(=O)OCC(=O)Nc2ccc(F)c(F)c2F)cc(OC)c1. The number of methoxy groups -OCH3 is 2. The Hall–Kier alpha value is -3.23. The van der Waals surface area contributed by atoms with Crippen LogP contribution < -0.4 is 14.8 Å². The number of esters is 1. The Balaban J connectivity index is 1.84. The first kappa shape index (κ1) is 21.1. The second kappa shape index (κ2) is 9.63. The summed E-state index contributed by atoms with van der Waals surface area (Å²) in [6.07, 6.45) is 0.287. The molecular formula is C19H18F3NO5. The van der Waals surface area contributed by atoms with E-state index in [0.717, 1.165) is 11.6 Å². The molecule has 6 nitrogen and oxygen atoms in total. The summed E-state index contributed by atoms with van der Waals surface area (Å²) in [5.41, 5.74) is 0.213. The van der Waals surface area contributed by atoms with Crippen LogP contribution in [0.1, 0.15) is 12.0 Å². The summed E-state index contributed by atoms with van der Waals surface area (Å²) in [5, 5.41) is 2.01. The van der Waals surface area contributed by atoms with Gasteiger partial charge in [-0.2, -0.15) is 0 Å². The van der Waals surface area contributed by atoms with Gasteiger partial charge in [0.05, 0.1) is 19.9 Å². The van der Waals surface area contributed by atoms with Gasteiger partial charge in [-0.05, 0) is 36.2 Å². The maximum atomic E-state index is 13.5. The lowest BCUT2D eigenvalue weighted by Gasteiger charge is -2.09. The van der Waals surface area contributed by atoms with Gasteiger partial charge in [0.25, 0.3) is 5.91 Å². The van der Waals surface area contributed by atoms with Crippen molar-refractivity contribution < 1.29 is 37.0 Å². The lowest BCUT2D eigenvalue weighted by Crippen LogP contribution is -2.22. The predicted octanol–water partition coefficient (Wildman–Crippen LogP) is 3.24. The number of carbonyl (C=O) groups is 2. The van der Waals surface area contributed by atoms with E-state index in [4.69, 9.17) is 14.2 Å². The van der Waals surface area contributed by atoms with E-state index >= 15 is 0 Å². The van der Waals surface area contributed by atoms with Gasteiger partial charge in [0.2, 0.25) is 0 Å². The van der Waals surface area contributed by atoms with Crippen molar-refractivity contribution in [2.24, 2.45) is 0 Å². The summed E-state index contributed by atoms with van der Waals surface area (Å²) < 4.78 is 54.5. The summed E-state index contributed by atoms with van der Waals surface area (Å²) in [4.78, 5) is 23.5. The highest BCUT2D eigenvalue weighted by Crippen LogP contribution is 2.23. The van der Waals surface area contributed by atoms with Gasteiger partial charge in [-0.1, -0.05) is 0 Å². The third-order valence-corrected chi connectivity index (χ3v) is 3.70. The Labute approximate surface area is 159 Å². The Kier molecular flexibility index (Phi) is 7.25. The molecule has 2 aromatic rings. The molecule has 2 aromatic carbocycles. The molecule has 0 aliphatic heterocycles. The molecule has 0 radical (unpaired) electrons. The zero-order chi connectivity index (χ0) is 20.7. The smallest absolute Gasteiger partial charge is 0.306 e. The molecule has 0 aliphatic rings. The van der Waals surface area contributed by atoms with Crippen LogP contribution in [-0.2, 0) is 20.7 Å². The second-order valence-electron chi connectivity index (χ2n) is 5.65. The molecule has 9 heteroatoms. The summed E-state index contributed by atoms with van der Waals surface area (Å²) >= 11 is 0. The van der Waals surface area contributed by atoms with Crippen LogP contribution in [0.25, 0.3) is 0 Å². The molecule has 0 bridgehead atoms. The molecule has 0 aromatic heterocycles. The molecule has 28 heavy (non-hydrogen) atoms. The van der Waals surface area contributed by atoms with Gasteiger partial charge in [-0.25, -0.2) is 13.2 Å². The molecule has 0 aliphatic carbocycles. The van der Waals surface area contributed by atoms with E-state index in [2.05, 4.69) is 0 Å². The Morgan fingerprint density at radius 3 is 2.21 bits per heavy atom. The maximum absolute atomic E-state index is 13.5. The van der Waals surface area contributed by atoms with Crippen molar-refractivity contribution in [3.63, 3.8) is 0 Å². The minimum absolute atomic E-state index is 0.0247. The molecule has 0 saturated carbocycles. The van der Waals surface area contributed by atoms with Crippen LogP contribution in [0.4, 0.5) is 18.9 Å². The van der Waals surface area contributed by atoms with E-state index in [-0.39, 0.29) is 6.42 Å². The second-order valence-corrected chi connectivity index (χ2v) is 5.65. The van der Waals surface area contributed by atoms with E-state index in [1.54, 1.807) is 18.2 Å². The van der Waals surface area contributed by atoms with Crippen LogP contribution >= 0.6 is 0 Å². The lowest BCUT2D eigenvalue weighted by molar-refractivity contribution is -0.147. The lowest BCUT2D eigenvalue weighted by atomic mass is 10.1. The van der Waals surface area contributed by atoms with Crippen LogP contribution in [0.2, 0.25) is 0 Å². The third kappa shape index (κ3) is 5.63. The minimum atomic E-state index is -1.71. The number of anilines is 1. The van der Waals surface area contributed by atoms with E-state index < -0.39 is 41.6 Å². The number of ether oxygens (including phenoxy) is 3. The van der Waals surface area contributed by atoms with Crippen molar-refractivity contribution in [1.82, 2.24) is 0 Å². The van der Waals surface area contributed by atoms with Crippen molar-refractivity contribution in [2.75, 3.05) is 26.1 Å². The van der Waals surface area contributed by atoms with Crippen LogP contribution in [0.3, 0.4) is 0 Å². The number of benzene rings is 2. The first-order valence-corrected chi connectivity index (χ1v) is 8.15. The summed E-state index contributed by atoms with van der Waals surface area (Å²) in [6.45, 7) is -0.696. The Morgan fingerprint density at radius 2 is 1.61 bits per heavy atom. The molecule has 1 N–H and O–H groups in total. The molecule has 0 unspecified atom stereocenters. The van der Waals surface area contributed by atoms with Crippen molar-refractivity contribution in [3.05, 3.63) is 53.3 Å². The van der Waals surface area contributed by atoms with Crippen molar-refractivity contribution >= 4 is 17.6 Å². The highest BCUT2D eigenvalue weighted by molar-refractivity contribution is 5.92. The van der Waals surface area contributed by atoms with Crippen molar-refractivity contribution in [2.45, 2.75) is 12.8 Å². The normalized spacial score (nSPS) is 10.3. The number of aryl methyl sites for hydroxylation is 1. The highest BCUT2D eigenvalue weighted by Gasteiger charge is 2.16. The van der Waals surface area contributed by atoms with Crippen LogP contribution in [0.15, 0.2) is 30.3 Å². The van der Waals surface area contributed by atoms with E-state index in [9.17, 15) is 22.8 Å². The maximum Gasteiger partial charge on any atom is 0.306 e. The van der Waals surface area contributed by atoms with Gasteiger partial charge < -0.3 is 19.5 Å². The number of halogens is 3. The third-order valence-electron chi connectivity index (χ3n) is 3.70. The summed E-state index contributed by atoms with van der Waals surface area (Å²) in [6, 6.07) is 6.68. The molecule has 150 valence electrons. The van der Waals surface area contributed by atoms with Gasteiger partial charge in [0, 0.05) is 12.5 Å². The van der Waals surface area contributed by atoms with E-state index in [1.165, 1.54) is 14.2 Å². The van der Waals surface area contributed by atoms with Gasteiger partial charge in [0.15, 0.2) is 24.1 Å². The van der Waals surface area contributed by atoms with Crippen LogP contribution in [0, 0.1) is 17.5 Å². The molecule has 0 fully saturated rings. The quantitative estimate of drug-likeness (QED) is 0.547. The largest absolute Gasteiger partial charge is 0.497 e. The number of carbonyl (C=O) groups excluding carboxylic acids is 2. The zero-order valence-corrected chi connectivity index (χ0v) is 15.2. The summed E-state index contributed by atoms with van der Waals surface area (Å²) in [7, 11) is 3.00. The average Bonchev–Trinajstić information content (AvgIpc) is 2.70. The minimum Gasteiger partial charge on any atom is -0.497 e. The molecule has 0 saturated heterocycles. The molecule has 2 rings (SSSR count). The van der Waals surface area contributed by atoms with E-state index in [1.807, 2.05) is 5.32 Å². The molecular weight excluding hydrogens is 379 g/mol. The van der Waals surface area contributed by atoms with Crippen LogP contribution in [0.5, 0.6) is 11.5 Å². The fourth-order valence-electron chi connectivity index (χ4n) is 2.28. The molecule has 0 spiro atoms. The number of hydrogen-bond donors (Lipinski definition) is 1. The molecule has 0 heterocycles. The van der Waals surface area contributed by atoms with Gasteiger partial charge >= 0.3 is 5.97 Å². The van der Waals surface area contributed by atoms with Gasteiger partial charge in [0.1, 0.15) is 11.5 Å². The first-order chi connectivity index (χ1) is 13.3. The average molecular weight is 397 g/mol. The van der Waals surface area contributed by atoms with Gasteiger partial charge in [-0.15, -0.1) is 0 Å². The monoisotopic (exact) mass is 397 g/mol. The Bertz CT molecular complexity index is 851. The molecule has 1 amide bonds. The topological polar surface area (TPSA) is 73.9 Å². The fourth-order valence-corrected chi connectivity index (χ4v) is 2.28. The van der Waals surface area contributed by atoms with Gasteiger partial charge in [-0.3, -0.25) is 9.59 Å². The number of amides is 1. The zero-order valence-electron chi connectivity index (χ0n) is 15.2. The predicted molar refractivity (Wildman–Crippen MR) is 93.8 cm³/mol.